The average Bonchev–Trinajstić information content (AvgIpc) is 2.21. The molecule has 1 aliphatic rings. The number of hydrogen-bond acceptors (Lipinski definition) is 3. The van der Waals surface area contributed by atoms with E-state index in [2.05, 4.69) is 11.8 Å². The molecule has 0 radical (unpaired) electrons. The molecule has 0 aromatic carbocycles. The second-order valence-corrected chi connectivity index (χ2v) is 5.48. The van der Waals surface area contributed by atoms with E-state index in [1.54, 1.807) is 27.7 Å². The third-order valence-electron chi connectivity index (χ3n) is 3.32. The molecule has 1 aliphatic carbocycles. The number of hydrogen-bond donors (Lipinski definition) is 2. The lowest BCUT2D eigenvalue weighted by Crippen LogP contribution is -2.48. The van der Waals surface area contributed by atoms with Crippen LogP contribution in [0.5, 0.6) is 0 Å². The van der Waals surface area contributed by atoms with Crippen molar-refractivity contribution in [1.82, 2.24) is 0 Å². The van der Waals surface area contributed by atoms with E-state index < -0.39 is 17.0 Å². The van der Waals surface area contributed by atoms with Crippen molar-refractivity contribution < 1.29 is 19.8 Å². The van der Waals surface area contributed by atoms with Gasteiger partial charge in [0, 0.05) is 23.5 Å². The molecule has 0 aromatic heterocycles. The lowest BCUT2D eigenvalue weighted by molar-refractivity contribution is -0.131. The summed E-state index contributed by atoms with van der Waals surface area (Å²) in [7, 11) is 0. The van der Waals surface area contributed by atoms with Gasteiger partial charge in [0.1, 0.15) is 0 Å². The van der Waals surface area contributed by atoms with Gasteiger partial charge in [-0.05, 0) is 25.5 Å². The van der Waals surface area contributed by atoms with Gasteiger partial charge in [0.2, 0.25) is 0 Å². The van der Waals surface area contributed by atoms with Crippen molar-refractivity contribution in [1.29, 1.82) is 0 Å². The monoisotopic (exact) mass is 262 g/mol. The molecular formula is C15H18O4. The van der Waals surface area contributed by atoms with Crippen molar-refractivity contribution in [3.63, 3.8) is 0 Å². The van der Waals surface area contributed by atoms with Crippen LogP contribution in [0.15, 0.2) is 23.3 Å². The van der Waals surface area contributed by atoms with Crippen LogP contribution < -0.4 is 0 Å². The van der Waals surface area contributed by atoms with Crippen LogP contribution in [-0.4, -0.2) is 27.6 Å². The van der Waals surface area contributed by atoms with Crippen molar-refractivity contribution in [3.8, 4) is 11.8 Å². The van der Waals surface area contributed by atoms with Crippen LogP contribution in [0, 0.1) is 17.3 Å². The number of aliphatic hydroxyl groups is 1. The van der Waals surface area contributed by atoms with Gasteiger partial charge >= 0.3 is 5.97 Å². The molecule has 1 atom stereocenters. The van der Waals surface area contributed by atoms with Gasteiger partial charge in [-0.3, -0.25) is 4.79 Å². The van der Waals surface area contributed by atoms with Gasteiger partial charge in [0.05, 0.1) is 0 Å². The Morgan fingerprint density at radius 3 is 2.53 bits per heavy atom. The average molecular weight is 262 g/mol. The molecule has 1 rings (SSSR count). The summed E-state index contributed by atoms with van der Waals surface area (Å²) < 4.78 is 0. The van der Waals surface area contributed by atoms with Gasteiger partial charge in [-0.15, -0.1) is 0 Å². The van der Waals surface area contributed by atoms with Gasteiger partial charge in [-0.2, -0.15) is 0 Å². The molecular weight excluding hydrogens is 244 g/mol. The molecule has 0 fully saturated rings. The second kappa shape index (κ2) is 5.02. The fraction of sp³-hybridized carbons (Fsp3) is 0.467. The smallest absolute Gasteiger partial charge is 0.329 e. The molecule has 0 amide bonds. The highest BCUT2D eigenvalue weighted by Crippen LogP contribution is 2.42. The number of carbonyl (C=O) groups excluding carboxylic acids is 1. The third-order valence-corrected chi connectivity index (χ3v) is 3.32. The predicted molar refractivity (Wildman–Crippen MR) is 71.3 cm³/mol. The van der Waals surface area contributed by atoms with Crippen LogP contribution in [0.4, 0.5) is 0 Å². The van der Waals surface area contributed by atoms with E-state index >= 15 is 0 Å². The molecule has 0 spiro atoms. The van der Waals surface area contributed by atoms with Crippen LogP contribution in [-0.2, 0) is 9.59 Å². The maximum atomic E-state index is 11.5. The minimum absolute atomic E-state index is 0.0354. The molecule has 2 N–H and O–H groups in total. The molecule has 0 aromatic rings. The van der Waals surface area contributed by atoms with Crippen LogP contribution in [0.1, 0.15) is 34.1 Å². The zero-order chi connectivity index (χ0) is 14.8. The molecule has 4 nitrogen and oxygen atoms in total. The first-order valence-corrected chi connectivity index (χ1v) is 5.97. The van der Waals surface area contributed by atoms with Gasteiger partial charge in [-0.1, -0.05) is 25.7 Å². The van der Waals surface area contributed by atoms with Crippen molar-refractivity contribution in [2.45, 2.75) is 39.7 Å². The summed E-state index contributed by atoms with van der Waals surface area (Å²) >= 11 is 0. The molecule has 0 bridgehead atoms. The Bertz CT molecular complexity index is 540. The summed E-state index contributed by atoms with van der Waals surface area (Å²) in [6.07, 6.45) is 2.59. The van der Waals surface area contributed by atoms with E-state index in [4.69, 9.17) is 5.11 Å². The molecule has 0 saturated carbocycles. The van der Waals surface area contributed by atoms with Crippen molar-refractivity contribution in [2.75, 3.05) is 0 Å². The van der Waals surface area contributed by atoms with Gasteiger partial charge in [0.15, 0.2) is 11.4 Å². The molecule has 0 heterocycles. The summed E-state index contributed by atoms with van der Waals surface area (Å²) in [6.45, 7) is 6.76. The van der Waals surface area contributed by atoms with Crippen molar-refractivity contribution in [2.24, 2.45) is 5.41 Å². The molecule has 4 heteroatoms. The molecule has 19 heavy (non-hydrogen) atoms. The Morgan fingerprint density at radius 1 is 1.47 bits per heavy atom. The first kappa shape index (κ1) is 15.2. The van der Waals surface area contributed by atoms with Crippen molar-refractivity contribution in [3.05, 3.63) is 23.3 Å². The van der Waals surface area contributed by atoms with Crippen LogP contribution >= 0.6 is 0 Å². The Kier molecular flexibility index (Phi) is 4.02. The van der Waals surface area contributed by atoms with E-state index in [9.17, 15) is 14.7 Å². The summed E-state index contributed by atoms with van der Waals surface area (Å²) in [5, 5.41) is 19.3. The Labute approximate surface area is 112 Å². The van der Waals surface area contributed by atoms with Crippen molar-refractivity contribution >= 4 is 11.8 Å². The van der Waals surface area contributed by atoms with Gasteiger partial charge in [-0.25, -0.2) is 4.79 Å². The van der Waals surface area contributed by atoms with E-state index in [0.29, 0.717) is 11.1 Å². The highest BCUT2D eigenvalue weighted by atomic mass is 16.4. The zero-order valence-corrected chi connectivity index (χ0v) is 11.6. The summed E-state index contributed by atoms with van der Waals surface area (Å²) in [6, 6.07) is 0. The first-order chi connectivity index (χ1) is 8.58. The predicted octanol–water partition coefficient (Wildman–Crippen LogP) is 1.70. The third kappa shape index (κ3) is 3.12. The topological polar surface area (TPSA) is 74.6 Å². The van der Waals surface area contributed by atoms with E-state index in [-0.39, 0.29) is 12.2 Å². The quantitative estimate of drug-likeness (QED) is 0.557. The Morgan fingerprint density at radius 2 is 2.05 bits per heavy atom. The summed E-state index contributed by atoms with van der Waals surface area (Å²) in [4.78, 5) is 22.0. The highest BCUT2D eigenvalue weighted by molar-refractivity contribution is 5.93. The number of rotatable bonds is 1. The maximum Gasteiger partial charge on any atom is 0.329 e. The van der Waals surface area contributed by atoms with Gasteiger partial charge < -0.3 is 10.2 Å². The SMILES string of the molecule is CC1=CC(=O)CC(C)(C)C1(O)C#C/C(C)=C\C(=O)O. The molecule has 1 unspecified atom stereocenters. The fourth-order valence-electron chi connectivity index (χ4n) is 2.17. The first-order valence-electron chi connectivity index (χ1n) is 5.97. The van der Waals surface area contributed by atoms with Gasteiger partial charge in [0.25, 0.3) is 0 Å². The Balaban J connectivity index is 3.23. The minimum atomic E-state index is -1.42. The maximum absolute atomic E-state index is 11.5. The minimum Gasteiger partial charge on any atom is -0.478 e. The molecule has 102 valence electrons. The zero-order valence-electron chi connectivity index (χ0n) is 11.6. The fourth-order valence-corrected chi connectivity index (χ4v) is 2.17. The largest absolute Gasteiger partial charge is 0.478 e. The van der Waals surface area contributed by atoms with E-state index in [1.165, 1.54) is 6.08 Å². The number of aliphatic carboxylic acids is 1. The number of carboxylic acid groups (broad SMARTS) is 1. The highest BCUT2D eigenvalue weighted by Gasteiger charge is 2.47. The second-order valence-electron chi connectivity index (χ2n) is 5.48. The summed E-state index contributed by atoms with van der Waals surface area (Å²) in [5.74, 6) is 4.26. The lowest BCUT2D eigenvalue weighted by atomic mass is 9.65. The number of carboxylic acids is 1. The number of allylic oxidation sites excluding steroid dienone is 2. The molecule has 0 aliphatic heterocycles. The Hall–Kier alpha value is -1.86. The van der Waals surface area contributed by atoms with Crippen LogP contribution in [0.3, 0.4) is 0 Å². The van der Waals surface area contributed by atoms with Crippen LogP contribution in [0.2, 0.25) is 0 Å². The number of carbonyl (C=O) groups is 2. The lowest BCUT2D eigenvalue weighted by Gasteiger charge is -2.42. The van der Waals surface area contributed by atoms with Crippen LogP contribution in [0.25, 0.3) is 0 Å². The molecule has 0 saturated heterocycles. The normalized spacial score (nSPS) is 26.3. The number of ketones is 1. The standard InChI is InChI=1S/C15H18O4/c1-10(7-13(17)18)5-6-15(19)11(2)8-12(16)9-14(15,3)4/h7-8,19H,9H2,1-4H3,(H,17,18)/b10-7-. The van der Waals surface area contributed by atoms with E-state index in [1.807, 2.05) is 0 Å². The summed E-state index contributed by atoms with van der Waals surface area (Å²) in [5.41, 5.74) is -1.29. The van der Waals surface area contributed by atoms with E-state index in [0.717, 1.165) is 6.08 Å².